The van der Waals surface area contributed by atoms with Gasteiger partial charge in [0.05, 0.1) is 17.6 Å². The summed E-state index contributed by atoms with van der Waals surface area (Å²) in [6.45, 7) is 2.19. The molecule has 0 radical (unpaired) electrons. The zero-order chi connectivity index (χ0) is 20.6. The van der Waals surface area contributed by atoms with Crippen LogP contribution in [0.4, 0.5) is 19.0 Å². The zero-order valence-corrected chi connectivity index (χ0v) is 15.7. The summed E-state index contributed by atoms with van der Waals surface area (Å²) in [6.07, 6.45) is -3.12. The second kappa shape index (κ2) is 7.16. The number of hydrogen-bond acceptors (Lipinski definition) is 5. The van der Waals surface area contributed by atoms with Crippen LogP contribution in [0.25, 0.3) is 22.6 Å². The Bertz CT molecular complexity index is 1170. The van der Waals surface area contributed by atoms with E-state index in [4.69, 9.17) is 0 Å². The smallest absolute Gasteiger partial charge is 0.363 e. The Balaban J connectivity index is 1.67. The minimum Gasteiger partial charge on any atom is -0.363 e. The lowest BCUT2D eigenvalue weighted by atomic mass is 10.2. The van der Waals surface area contributed by atoms with Crippen LogP contribution in [0.1, 0.15) is 17.1 Å². The molecule has 3 heterocycles. The van der Waals surface area contributed by atoms with Crippen LogP contribution in [0, 0.1) is 6.92 Å². The van der Waals surface area contributed by atoms with Gasteiger partial charge in [-0.2, -0.15) is 13.2 Å². The molecule has 29 heavy (non-hydrogen) atoms. The van der Waals surface area contributed by atoms with Crippen LogP contribution in [0.15, 0.2) is 48.7 Å². The number of halogens is 3. The Morgan fingerprint density at radius 1 is 1.03 bits per heavy atom. The first-order valence-corrected chi connectivity index (χ1v) is 8.85. The SMILES string of the molecule is Cc1ccc2c(c1)nc(CNc1cc(C(F)(F)F)nc(-c3ccccn3)n1)n2C. The quantitative estimate of drug-likeness (QED) is 0.553. The highest BCUT2D eigenvalue weighted by atomic mass is 19.4. The largest absolute Gasteiger partial charge is 0.433 e. The molecule has 3 aromatic heterocycles. The average molecular weight is 398 g/mol. The highest BCUT2D eigenvalue weighted by Crippen LogP contribution is 2.30. The molecule has 0 spiro atoms. The number of benzene rings is 1. The van der Waals surface area contributed by atoms with E-state index >= 15 is 0 Å². The molecule has 1 N–H and O–H groups in total. The van der Waals surface area contributed by atoms with Crippen LogP contribution in [0.2, 0.25) is 0 Å². The van der Waals surface area contributed by atoms with Crippen molar-refractivity contribution in [2.24, 2.45) is 7.05 Å². The maximum Gasteiger partial charge on any atom is 0.433 e. The molecular formula is C20H17F3N6. The van der Waals surface area contributed by atoms with Gasteiger partial charge in [0.1, 0.15) is 17.3 Å². The molecule has 1 aromatic carbocycles. The summed E-state index contributed by atoms with van der Waals surface area (Å²) >= 11 is 0. The number of hydrogen-bond donors (Lipinski definition) is 1. The summed E-state index contributed by atoms with van der Waals surface area (Å²) in [5.74, 6) is 0.636. The van der Waals surface area contributed by atoms with Gasteiger partial charge in [-0.15, -0.1) is 0 Å². The van der Waals surface area contributed by atoms with E-state index in [0.717, 1.165) is 22.7 Å². The van der Waals surface area contributed by atoms with Crippen LogP contribution in [0.5, 0.6) is 0 Å². The number of aryl methyl sites for hydroxylation is 2. The van der Waals surface area contributed by atoms with Crippen LogP contribution < -0.4 is 5.32 Å². The first-order valence-electron chi connectivity index (χ1n) is 8.85. The van der Waals surface area contributed by atoms with Crippen molar-refractivity contribution in [1.82, 2.24) is 24.5 Å². The van der Waals surface area contributed by atoms with Crippen molar-refractivity contribution >= 4 is 16.9 Å². The molecular weight excluding hydrogens is 381 g/mol. The van der Waals surface area contributed by atoms with Gasteiger partial charge < -0.3 is 9.88 Å². The fourth-order valence-corrected chi connectivity index (χ4v) is 2.98. The lowest BCUT2D eigenvalue weighted by molar-refractivity contribution is -0.141. The minimum atomic E-state index is -4.60. The lowest BCUT2D eigenvalue weighted by Crippen LogP contribution is -2.13. The van der Waals surface area contributed by atoms with Crippen molar-refractivity contribution in [3.63, 3.8) is 0 Å². The summed E-state index contributed by atoms with van der Waals surface area (Å²) in [5, 5.41) is 2.94. The van der Waals surface area contributed by atoms with E-state index in [9.17, 15) is 13.2 Å². The molecule has 0 aliphatic heterocycles. The van der Waals surface area contributed by atoms with Crippen LogP contribution >= 0.6 is 0 Å². The maximum absolute atomic E-state index is 13.3. The third-order valence-corrected chi connectivity index (χ3v) is 4.47. The topological polar surface area (TPSA) is 68.5 Å². The number of fused-ring (bicyclic) bond motifs is 1. The highest BCUT2D eigenvalue weighted by Gasteiger charge is 2.34. The fraction of sp³-hybridized carbons (Fsp3) is 0.200. The van der Waals surface area contributed by atoms with Gasteiger partial charge in [0.2, 0.25) is 0 Å². The third-order valence-electron chi connectivity index (χ3n) is 4.47. The molecule has 0 saturated carbocycles. The minimum absolute atomic E-state index is 0.0521. The van der Waals surface area contributed by atoms with E-state index in [1.807, 2.05) is 36.7 Å². The molecule has 0 atom stereocenters. The maximum atomic E-state index is 13.3. The molecule has 0 bridgehead atoms. The molecule has 9 heteroatoms. The standard InChI is InChI=1S/C20H17F3N6/c1-12-6-7-15-14(9-12)26-18(29(15)2)11-25-17-10-16(20(21,22)23)27-19(28-17)13-5-3-4-8-24-13/h3-10H,11H2,1-2H3,(H,25,27,28). The van der Waals surface area contributed by atoms with Gasteiger partial charge in [-0.25, -0.2) is 15.0 Å². The van der Waals surface area contributed by atoms with Gasteiger partial charge >= 0.3 is 6.18 Å². The number of anilines is 1. The van der Waals surface area contributed by atoms with E-state index in [2.05, 4.69) is 25.3 Å². The molecule has 6 nitrogen and oxygen atoms in total. The number of aromatic nitrogens is 5. The summed E-state index contributed by atoms with van der Waals surface area (Å²) in [6, 6.07) is 11.7. The Morgan fingerprint density at radius 2 is 1.86 bits per heavy atom. The van der Waals surface area contributed by atoms with Crippen LogP contribution in [-0.2, 0) is 19.8 Å². The average Bonchev–Trinajstić information content (AvgIpc) is 3.01. The predicted octanol–water partition coefficient (Wildman–Crippen LogP) is 4.36. The van der Waals surface area contributed by atoms with Crippen molar-refractivity contribution in [2.75, 3.05) is 5.32 Å². The summed E-state index contributed by atoms with van der Waals surface area (Å²) in [5.41, 5.74) is 2.09. The van der Waals surface area contributed by atoms with Crippen molar-refractivity contribution < 1.29 is 13.2 Å². The molecule has 4 aromatic rings. The second-order valence-electron chi connectivity index (χ2n) is 6.61. The monoisotopic (exact) mass is 398 g/mol. The summed E-state index contributed by atoms with van der Waals surface area (Å²) in [7, 11) is 1.86. The molecule has 0 aliphatic rings. The lowest BCUT2D eigenvalue weighted by Gasteiger charge is -2.11. The number of nitrogens with zero attached hydrogens (tertiary/aromatic N) is 5. The van der Waals surface area contributed by atoms with Gasteiger partial charge in [-0.1, -0.05) is 12.1 Å². The highest BCUT2D eigenvalue weighted by molar-refractivity contribution is 5.76. The van der Waals surface area contributed by atoms with Crippen LogP contribution in [0.3, 0.4) is 0 Å². The Morgan fingerprint density at radius 3 is 2.59 bits per heavy atom. The number of pyridine rings is 1. The number of alkyl halides is 3. The van der Waals surface area contributed by atoms with E-state index in [1.54, 1.807) is 18.2 Å². The summed E-state index contributed by atoms with van der Waals surface area (Å²) < 4.78 is 41.8. The molecule has 0 fully saturated rings. The first kappa shape index (κ1) is 18.9. The van der Waals surface area contributed by atoms with Gasteiger partial charge in [-0.05, 0) is 36.8 Å². The van der Waals surface area contributed by atoms with Crippen LogP contribution in [-0.4, -0.2) is 24.5 Å². The zero-order valence-electron chi connectivity index (χ0n) is 15.7. The van der Waals surface area contributed by atoms with Crippen molar-refractivity contribution in [2.45, 2.75) is 19.6 Å². The number of rotatable bonds is 4. The van der Waals surface area contributed by atoms with Crippen molar-refractivity contribution in [1.29, 1.82) is 0 Å². The Labute approximate surface area is 164 Å². The van der Waals surface area contributed by atoms with Crippen molar-refractivity contribution in [3.05, 3.63) is 65.7 Å². The predicted molar refractivity (Wildman–Crippen MR) is 103 cm³/mol. The molecule has 0 unspecified atom stereocenters. The molecule has 4 rings (SSSR count). The summed E-state index contributed by atoms with van der Waals surface area (Å²) in [4.78, 5) is 16.4. The van der Waals surface area contributed by atoms with E-state index in [-0.39, 0.29) is 23.9 Å². The van der Waals surface area contributed by atoms with Gasteiger partial charge in [0.15, 0.2) is 11.5 Å². The Hall–Kier alpha value is -3.49. The first-order chi connectivity index (χ1) is 13.8. The van der Waals surface area contributed by atoms with E-state index in [1.165, 1.54) is 6.20 Å². The third kappa shape index (κ3) is 3.89. The second-order valence-corrected chi connectivity index (χ2v) is 6.61. The van der Waals surface area contributed by atoms with E-state index < -0.39 is 11.9 Å². The van der Waals surface area contributed by atoms with Gasteiger partial charge in [0, 0.05) is 19.3 Å². The number of imidazole rings is 1. The molecule has 0 amide bonds. The normalized spacial score (nSPS) is 11.8. The van der Waals surface area contributed by atoms with Gasteiger partial charge in [0.25, 0.3) is 0 Å². The van der Waals surface area contributed by atoms with Crippen molar-refractivity contribution in [3.8, 4) is 11.5 Å². The molecule has 0 saturated heterocycles. The fourth-order valence-electron chi connectivity index (χ4n) is 2.98. The van der Waals surface area contributed by atoms with E-state index in [0.29, 0.717) is 5.82 Å². The Kier molecular flexibility index (Phi) is 4.65. The molecule has 0 aliphatic carbocycles. The molecule has 148 valence electrons. The van der Waals surface area contributed by atoms with Gasteiger partial charge in [-0.3, -0.25) is 4.98 Å². The number of nitrogens with one attached hydrogen (secondary N) is 1.